The number of nitrogens with one attached hydrogen (secondary N) is 1. The molecule has 0 atom stereocenters. The minimum absolute atomic E-state index is 0.291. The molecule has 5 nitrogen and oxygen atoms in total. The number of aliphatic hydroxyl groups is 1. The van der Waals surface area contributed by atoms with Crippen LogP contribution in [0.4, 0.5) is 0 Å². The van der Waals surface area contributed by atoms with E-state index in [-0.39, 0.29) is 5.91 Å². The van der Waals surface area contributed by atoms with Gasteiger partial charge in [0.25, 0.3) is 5.91 Å². The number of likely N-dealkylation sites (tertiary alicyclic amines) is 1. The molecule has 1 aliphatic rings. The molecule has 2 rings (SSSR count). The van der Waals surface area contributed by atoms with Gasteiger partial charge in [0, 0.05) is 23.2 Å². The van der Waals surface area contributed by atoms with Gasteiger partial charge < -0.3 is 5.11 Å². The van der Waals surface area contributed by atoms with Crippen LogP contribution in [0.2, 0.25) is 0 Å². The molecule has 0 aromatic heterocycles. The number of piperidine rings is 1. The summed E-state index contributed by atoms with van der Waals surface area (Å²) in [6.45, 7) is 3.15. The smallest absolute Gasteiger partial charge is 0.265 e. The Morgan fingerprint density at radius 3 is 2.70 bits per heavy atom. The molecule has 1 heterocycles. The third-order valence-electron chi connectivity index (χ3n) is 3.81. The van der Waals surface area contributed by atoms with Crippen molar-refractivity contribution in [2.24, 2.45) is 11.8 Å². The van der Waals surface area contributed by atoms with Crippen molar-refractivity contribution in [2.45, 2.75) is 19.4 Å². The van der Waals surface area contributed by atoms with Gasteiger partial charge in [0.05, 0.1) is 0 Å². The summed E-state index contributed by atoms with van der Waals surface area (Å²) in [5, 5.41) is 9.14. The Morgan fingerprint density at radius 2 is 2.15 bits per heavy atom. The molecule has 0 saturated carbocycles. The summed E-state index contributed by atoms with van der Waals surface area (Å²) >= 11 is 3.51. The summed E-state index contributed by atoms with van der Waals surface area (Å²) in [6.07, 6.45) is 2.09. The quantitative estimate of drug-likeness (QED) is 0.437. The van der Waals surface area contributed by atoms with Crippen LogP contribution >= 0.6 is 15.9 Å². The average Bonchev–Trinajstić information content (AvgIpc) is 2.49. The fraction of sp³-hybridized carbons (Fsp3) is 0.500. The van der Waals surface area contributed by atoms with Crippen LogP contribution in [0.15, 0.2) is 22.7 Å². The molecule has 0 unspecified atom stereocenters. The summed E-state index contributed by atoms with van der Waals surface area (Å²) < 4.78 is 0.919. The van der Waals surface area contributed by atoms with E-state index in [4.69, 9.17) is 10.9 Å². The van der Waals surface area contributed by atoms with Crippen LogP contribution in [0.3, 0.4) is 0 Å². The molecule has 0 radical (unpaired) electrons. The fourth-order valence-electron chi connectivity index (χ4n) is 2.47. The van der Waals surface area contributed by atoms with Crippen LogP contribution in [0.5, 0.6) is 0 Å². The number of carbonyl (C=O) groups excluding carboxylic acids is 1. The number of nitrogen functional groups attached to an aromatic ring is 1. The fourth-order valence-corrected chi connectivity index (χ4v) is 2.97. The molecule has 0 aliphatic carbocycles. The standard InChI is InChI=1S/C14H20BrN3O2/c15-13-7-11(14(20)17-16)1-2-12(13)8-18-5-3-10(9-19)4-6-18/h1-2,7,10,19H,3-6,8-9,16H2,(H,17,20). The number of hydrazine groups is 1. The second-order valence-corrected chi connectivity index (χ2v) is 6.04. The van der Waals surface area contributed by atoms with Crippen LogP contribution in [0, 0.1) is 5.92 Å². The lowest BCUT2D eigenvalue weighted by Gasteiger charge is -2.31. The van der Waals surface area contributed by atoms with E-state index in [0.29, 0.717) is 18.1 Å². The van der Waals surface area contributed by atoms with Gasteiger partial charge in [0.15, 0.2) is 0 Å². The topological polar surface area (TPSA) is 78.6 Å². The Kier molecular flexibility index (Phi) is 5.54. The van der Waals surface area contributed by atoms with Crippen LogP contribution < -0.4 is 11.3 Å². The second kappa shape index (κ2) is 7.17. The normalized spacial score (nSPS) is 17.1. The predicted molar refractivity (Wildman–Crippen MR) is 80.9 cm³/mol. The maximum absolute atomic E-state index is 11.4. The van der Waals surface area contributed by atoms with Gasteiger partial charge in [-0.05, 0) is 49.5 Å². The molecule has 4 N–H and O–H groups in total. The first kappa shape index (κ1) is 15.4. The number of benzene rings is 1. The van der Waals surface area contributed by atoms with E-state index in [9.17, 15) is 4.79 Å². The molecule has 110 valence electrons. The van der Waals surface area contributed by atoms with Gasteiger partial charge in [0.1, 0.15) is 0 Å². The van der Waals surface area contributed by atoms with E-state index in [2.05, 4.69) is 26.3 Å². The highest BCUT2D eigenvalue weighted by molar-refractivity contribution is 9.10. The van der Waals surface area contributed by atoms with Crippen molar-refractivity contribution in [3.8, 4) is 0 Å². The van der Waals surface area contributed by atoms with Gasteiger partial charge in [-0.2, -0.15) is 0 Å². The third kappa shape index (κ3) is 3.79. The number of carbonyl (C=O) groups is 1. The summed E-state index contributed by atoms with van der Waals surface area (Å²) in [7, 11) is 0. The molecule has 6 heteroatoms. The maximum atomic E-state index is 11.4. The number of aliphatic hydroxyl groups excluding tert-OH is 1. The van der Waals surface area contributed by atoms with Crippen molar-refractivity contribution >= 4 is 21.8 Å². The Morgan fingerprint density at radius 1 is 1.45 bits per heavy atom. The zero-order chi connectivity index (χ0) is 14.5. The molecule has 1 saturated heterocycles. The number of rotatable bonds is 4. The summed E-state index contributed by atoms with van der Waals surface area (Å²) in [5.74, 6) is 5.28. The lowest BCUT2D eigenvalue weighted by atomic mass is 9.97. The molecule has 1 amide bonds. The van der Waals surface area contributed by atoms with E-state index in [0.717, 1.165) is 42.5 Å². The SMILES string of the molecule is NNC(=O)c1ccc(CN2CCC(CO)CC2)c(Br)c1. The van der Waals surface area contributed by atoms with Gasteiger partial charge >= 0.3 is 0 Å². The average molecular weight is 342 g/mol. The Labute approximate surface area is 127 Å². The molecule has 1 aromatic carbocycles. The lowest BCUT2D eigenvalue weighted by Crippen LogP contribution is -2.34. The lowest BCUT2D eigenvalue weighted by molar-refractivity contribution is 0.0953. The van der Waals surface area contributed by atoms with Gasteiger partial charge in [0.2, 0.25) is 0 Å². The summed E-state index contributed by atoms with van der Waals surface area (Å²) in [5.41, 5.74) is 3.82. The first-order chi connectivity index (χ1) is 9.63. The maximum Gasteiger partial charge on any atom is 0.265 e. The van der Waals surface area contributed by atoms with E-state index < -0.39 is 0 Å². The van der Waals surface area contributed by atoms with Crippen molar-refractivity contribution in [1.29, 1.82) is 0 Å². The van der Waals surface area contributed by atoms with E-state index in [1.165, 1.54) is 0 Å². The molecule has 1 fully saturated rings. The number of nitrogens with two attached hydrogens (primary N) is 1. The number of hydrogen-bond acceptors (Lipinski definition) is 4. The van der Waals surface area contributed by atoms with Crippen LogP contribution in [-0.4, -0.2) is 35.6 Å². The number of hydrogen-bond donors (Lipinski definition) is 3. The van der Waals surface area contributed by atoms with Crippen molar-refractivity contribution < 1.29 is 9.90 Å². The van der Waals surface area contributed by atoms with Gasteiger partial charge in [-0.15, -0.1) is 0 Å². The largest absolute Gasteiger partial charge is 0.396 e. The van der Waals surface area contributed by atoms with Crippen LogP contribution in [-0.2, 0) is 6.54 Å². The minimum Gasteiger partial charge on any atom is -0.396 e. The van der Waals surface area contributed by atoms with Gasteiger partial charge in [-0.25, -0.2) is 5.84 Å². The van der Waals surface area contributed by atoms with Crippen molar-refractivity contribution in [2.75, 3.05) is 19.7 Å². The monoisotopic (exact) mass is 341 g/mol. The van der Waals surface area contributed by atoms with Crippen LogP contribution in [0.1, 0.15) is 28.8 Å². The first-order valence-corrected chi connectivity index (χ1v) is 7.56. The second-order valence-electron chi connectivity index (χ2n) is 5.18. The minimum atomic E-state index is -0.291. The molecule has 1 aliphatic heterocycles. The number of nitrogens with zero attached hydrogens (tertiary/aromatic N) is 1. The molecular formula is C14H20BrN3O2. The Hall–Kier alpha value is -0.950. The summed E-state index contributed by atoms with van der Waals surface area (Å²) in [4.78, 5) is 13.8. The zero-order valence-electron chi connectivity index (χ0n) is 11.3. The van der Waals surface area contributed by atoms with Crippen molar-refractivity contribution in [3.63, 3.8) is 0 Å². The number of halogens is 1. The molecule has 1 aromatic rings. The molecular weight excluding hydrogens is 322 g/mol. The highest BCUT2D eigenvalue weighted by Crippen LogP contribution is 2.23. The highest BCUT2D eigenvalue weighted by atomic mass is 79.9. The summed E-state index contributed by atoms with van der Waals surface area (Å²) in [6, 6.07) is 5.52. The van der Waals surface area contributed by atoms with Crippen molar-refractivity contribution in [3.05, 3.63) is 33.8 Å². The van der Waals surface area contributed by atoms with E-state index in [1.54, 1.807) is 12.1 Å². The molecule has 0 bridgehead atoms. The van der Waals surface area contributed by atoms with E-state index >= 15 is 0 Å². The van der Waals surface area contributed by atoms with Gasteiger partial charge in [-0.3, -0.25) is 15.1 Å². The highest BCUT2D eigenvalue weighted by Gasteiger charge is 2.19. The Balaban J connectivity index is 1.98. The third-order valence-corrected chi connectivity index (χ3v) is 4.54. The van der Waals surface area contributed by atoms with Crippen LogP contribution in [0.25, 0.3) is 0 Å². The Bertz CT molecular complexity index is 473. The van der Waals surface area contributed by atoms with Crippen molar-refractivity contribution in [1.82, 2.24) is 10.3 Å². The number of amides is 1. The van der Waals surface area contributed by atoms with E-state index in [1.807, 2.05) is 6.07 Å². The zero-order valence-corrected chi connectivity index (χ0v) is 12.9. The predicted octanol–water partition coefficient (Wildman–Crippen LogP) is 1.26. The molecule has 0 spiro atoms. The van der Waals surface area contributed by atoms with Gasteiger partial charge in [-0.1, -0.05) is 22.0 Å². The first-order valence-electron chi connectivity index (χ1n) is 6.76. The molecule has 20 heavy (non-hydrogen) atoms.